The summed E-state index contributed by atoms with van der Waals surface area (Å²) in [5.74, 6) is -0.513. The maximum absolute atomic E-state index is 11.1. The Morgan fingerprint density at radius 3 is 2.22 bits per heavy atom. The van der Waals surface area contributed by atoms with Crippen molar-refractivity contribution in [2.75, 3.05) is 36.0 Å². The topological polar surface area (TPSA) is 69.6 Å². The van der Waals surface area contributed by atoms with Crippen molar-refractivity contribution in [3.8, 4) is 0 Å². The zero-order chi connectivity index (χ0) is 16.4. The maximum Gasteiger partial charge on any atom is 0.354 e. The highest BCUT2D eigenvalue weighted by Crippen LogP contribution is 2.19. The summed E-state index contributed by atoms with van der Waals surface area (Å²) in [5, 5.41) is 9.13. The van der Waals surface area contributed by atoms with Gasteiger partial charge in [-0.2, -0.15) is 0 Å². The molecule has 0 radical (unpaired) electrons. The third-order valence-electron chi connectivity index (χ3n) is 4.02. The smallest absolute Gasteiger partial charge is 0.354 e. The molecular weight excluding hydrogens is 292 g/mol. The summed E-state index contributed by atoms with van der Waals surface area (Å²) < 4.78 is 0. The van der Waals surface area contributed by atoms with Gasteiger partial charge in [0.05, 0.1) is 0 Å². The molecule has 1 aromatic carbocycles. The van der Waals surface area contributed by atoms with Gasteiger partial charge in [-0.1, -0.05) is 17.7 Å². The monoisotopic (exact) mass is 312 g/mol. The number of aromatic carboxylic acids is 1. The highest BCUT2D eigenvalue weighted by molar-refractivity contribution is 5.85. The number of carbonyl (C=O) groups is 1. The number of carboxylic acids is 1. The lowest BCUT2D eigenvalue weighted by atomic mass is 10.2. The molecule has 1 N–H and O–H groups in total. The van der Waals surface area contributed by atoms with Crippen molar-refractivity contribution >= 4 is 17.6 Å². The molecule has 6 heteroatoms. The number of aryl methyl sites for hydroxylation is 2. The number of rotatable bonds is 3. The van der Waals surface area contributed by atoms with Gasteiger partial charge in [-0.25, -0.2) is 14.8 Å². The number of piperazine rings is 1. The molecule has 120 valence electrons. The molecule has 2 heterocycles. The van der Waals surface area contributed by atoms with Crippen LogP contribution < -0.4 is 9.80 Å². The van der Waals surface area contributed by atoms with Crippen LogP contribution in [0.4, 0.5) is 11.6 Å². The number of hydrogen-bond acceptors (Lipinski definition) is 5. The van der Waals surface area contributed by atoms with Crippen molar-refractivity contribution < 1.29 is 9.90 Å². The lowest BCUT2D eigenvalue weighted by molar-refractivity contribution is 0.0690. The summed E-state index contributed by atoms with van der Waals surface area (Å²) in [6.07, 6.45) is 0. The van der Waals surface area contributed by atoms with E-state index in [4.69, 9.17) is 5.11 Å². The molecule has 1 aliphatic rings. The Morgan fingerprint density at radius 2 is 1.61 bits per heavy atom. The largest absolute Gasteiger partial charge is 0.477 e. The molecule has 1 aliphatic heterocycles. The summed E-state index contributed by atoms with van der Waals surface area (Å²) in [7, 11) is 0. The fraction of sp³-hybridized carbons (Fsp3) is 0.353. The Balaban J connectivity index is 1.71. The average Bonchev–Trinajstić information content (AvgIpc) is 2.55. The van der Waals surface area contributed by atoms with E-state index < -0.39 is 5.97 Å². The van der Waals surface area contributed by atoms with Crippen LogP contribution in [0.15, 0.2) is 30.3 Å². The first kappa shape index (κ1) is 15.3. The highest BCUT2D eigenvalue weighted by atomic mass is 16.4. The Kier molecular flexibility index (Phi) is 4.14. The molecule has 2 aromatic rings. The normalized spacial score (nSPS) is 14.9. The highest BCUT2D eigenvalue weighted by Gasteiger charge is 2.20. The first-order chi connectivity index (χ1) is 11.0. The number of anilines is 2. The predicted molar refractivity (Wildman–Crippen MR) is 89.3 cm³/mol. The molecule has 0 spiro atoms. The summed E-state index contributed by atoms with van der Waals surface area (Å²) in [4.78, 5) is 24.0. The van der Waals surface area contributed by atoms with E-state index in [0.29, 0.717) is 11.6 Å². The van der Waals surface area contributed by atoms with Gasteiger partial charge in [0.25, 0.3) is 0 Å². The van der Waals surface area contributed by atoms with Crippen molar-refractivity contribution in [3.63, 3.8) is 0 Å². The van der Waals surface area contributed by atoms with Crippen LogP contribution in [0.5, 0.6) is 0 Å². The molecule has 1 saturated heterocycles. The zero-order valence-corrected chi connectivity index (χ0v) is 13.4. The minimum Gasteiger partial charge on any atom is -0.477 e. The van der Waals surface area contributed by atoms with Crippen LogP contribution >= 0.6 is 0 Å². The van der Waals surface area contributed by atoms with Gasteiger partial charge in [-0.3, -0.25) is 0 Å². The number of hydrogen-bond donors (Lipinski definition) is 1. The van der Waals surface area contributed by atoms with Crippen molar-refractivity contribution in [3.05, 3.63) is 47.3 Å². The van der Waals surface area contributed by atoms with Crippen LogP contribution in [0.3, 0.4) is 0 Å². The van der Waals surface area contributed by atoms with Crippen LogP contribution in [0.1, 0.15) is 21.7 Å². The molecule has 0 aliphatic carbocycles. The molecule has 3 rings (SSSR count). The first-order valence-corrected chi connectivity index (χ1v) is 7.68. The van der Waals surface area contributed by atoms with E-state index in [-0.39, 0.29) is 5.69 Å². The van der Waals surface area contributed by atoms with Crippen molar-refractivity contribution in [2.45, 2.75) is 13.8 Å². The van der Waals surface area contributed by atoms with E-state index in [9.17, 15) is 4.79 Å². The molecule has 0 atom stereocenters. The van der Waals surface area contributed by atoms with Crippen LogP contribution in [0.25, 0.3) is 0 Å². The van der Waals surface area contributed by atoms with Crippen LogP contribution in [0.2, 0.25) is 0 Å². The molecule has 0 unspecified atom stereocenters. The number of carboxylic acid groups (broad SMARTS) is 1. The fourth-order valence-corrected chi connectivity index (χ4v) is 2.72. The van der Waals surface area contributed by atoms with E-state index >= 15 is 0 Å². The summed E-state index contributed by atoms with van der Waals surface area (Å²) in [5.41, 5.74) is 3.19. The van der Waals surface area contributed by atoms with Gasteiger partial charge in [0.1, 0.15) is 0 Å². The zero-order valence-electron chi connectivity index (χ0n) is 13.4. The van der Waals surface area contributed by atoms with E-state index in [0.717, 1.165) is 26.2 Å². The van der Waals surface area contributed by atoms with Gasteiger partial charge in [-0.05, 0) is 32.0 Å². The minimum atomic E-state index is -1.02. The van der Waals surface area contributed by atoms with Gasteiger partial charge in [0.15, 0.2) is 5.69 Å². The Morgan fingerprint density at radius 1 is 1.00 bits per heavy atom. The fourth-order valence-electron chi connectivity index (χ4n) is 2.72. The van der Waals surface area contributed by atoms with E-state index in [1.165, 1.54) is 17.3 Å². The standard InChI is InChI=1S/C17H20N4O2/c1-12-3-5-14(6-4-12)20-7-9-21(10-8-20)17-18-13(2)11-15(19-17)16(22)23/h3-6,11H,7-10H2,1-2H3,(H,22,23). The van der Waals surface area contributed by atoms with Crippen molar-refractivity contribution in [1.29, 1.82) is 0 Å². The second-order valence-corrected chi connectivity index (χ2v) is 5.81. The van der Waals surface area contributed by atoms with Crippen LogP contribution in [-0.2, 0) is 0 Å². The summed E-state index contributed by atoms with van der Waals surface area (Å²) in [6.45, 7) is 7.15. The Bertz CT molecular complexity index is 707. The minimum absolute atomic E-state index is 0.0495. The van der Waals surface area contributed by atoms with Gasteiger partial charge in [0.2, 0.25) is 5.95 Å². The van der Waals surface area contributed by atoms with Gasteiger partial charge < -0.3 is 14.9 Å². The van der Waals surface area contributed by atoms with Gasteiger partial charge in [0, 0.05) is 37.6 Å². The molecule has 1 fully saturated rings. The second kappa shape index (κ2) is 6.24. The van der Waals surface area contributed by atoms with Crippen LogP contribution in [0, 0.1) is 13.8 Å². The van der Waals surface area contributed by atoms with Gasteiger partial charge >= 0.3 is 5.97 Å². The molecule has 6 nitrogen and oxygen atoms in total. The maximum atomic E-state index is 11.1. The predicted octanol–water partition coefficient (Wildman–Crippen LogP) is 2.12. The molecule has 23 heavy (non-hydrogen) atoms. The number of nitrogens with zero attached hydrogens (tertiary/aromatic N) is 4. The molecule has 0 bridgehead atoms. The molecule has 0 saturated carbocycles. The lowest BCUT2D eigenvalue weighted by Crippen LogP contribution is -2.47. The Labute approximate surface area is 135 Å². The molecular formula is C17H20N4O2. The average molecular weight is 312 g/mol. The van der Waals surface area contributed by atoms with E-state index in [1.54, 1.807) is 6.92 Å². The quantitative estimate of drug-likeness (QED) is 0.936. The lowest BCUT2D eigenvalue weighted by Gasteiger charge is -2.36. The van der Waals surface area contributed by atoms with Crippen LogP contribution in [-0.4, -0.2) is 47.2 Å². The Hall–Kier alpha value is -2.63. The third-order valence-corrected chi connectivity index (χ3v) is 4.02. The SMILES string of the molecule is Cc1ccc(N2CCN(c3nc(C)cc(C(=O)O)n3)CC2)cc1. The van der Waals surface area contributed by atoms with Crippen molar-refractivity contribution in [2.24, 2.45) is 0 Å². The summed E-state index contributed by atoms with van der Waals surface area (Å²) in [6, 6.07) is 10.00. The molecule has 0 amide bonds. The van der Waals surface area contributed by atoms with E-state index in [1.807, 2.05) is 4.90 Å². The van der Waals surface area contributed by atoms with E-state index in [2.05, 4.69) is 46.1 Å². The molecule has 1 aromatic heterocycles. The van der Waals surface area contributed by atoms with Gasteiger partial charge in [-0.15, -0.1) is 0 Å². The second-order valence-electron chi connectivity index (χ2n) is 5.81. The number of benzene rings is 1. The number of aromatic nitrogens is 2. The third kappa shape index (κ3) is 3.41. The first-order valence-electron chi connectivity index (χ1n) is 7.68. The van der Waals surface area contributed by atoms with Crippen molar-refractivity contribution in [1.82, 2.24) is 9.97 Å². The summed E-state index contributed by atoms with van der Waals surface area (Å²) >= 11 is 0.